The van der Waals surface area contributed by atoms with E-state index in [2.05, 4.69) is 32.8 Å². The Morgan fingerprint density at radius 1 is 1.41 bits per heavy atom. The molecular formula is C15H21N5O2. The van der Waals surface area contributed by atoms with Crippen LogP contribution in [0.15, 0.2) is 6.07 Å². The minimum absolute atomic E-state index is 0.0688. The van der Waals surface area contributed by atoms with E-state index in [0.29, 0.717) is 13.0 Å². The highest BCUT2D eigenvalue weighted by Crippen LogP contribution is 2.37. The standard InChI is InChI=1S/C15H21N5O2/c1-3-11-7-12(18-9(2)17-11)16-8-10-5-4-6-15(10)13(21)19-14(22)20-15/h7,10H,3-6,8H2,1-2H3,(H,16,17,18)(H2,19,20,21,22)/t10-,15-/m1/s1. The van der Waals surface area contributed by atoms with Gasteiger partial charge in [-0.1, -0.05) is 13.3 Å². The van der Waals surface area contributed by atoms with E-state index in [1.807, 2.05) is 13.0 Å². The van der Waals surface area contributed by atoms with E-state index in [0.717, 1.165) is 36.6 Å². The first kappa shape index (κ1) is 14.7. The number of amides is 3. The zero-order valence-electron chi connectivity index (χ0n) is 12.9. The average molecular weight is 303 g/mol. The SMILES string of the molecule is CCc1cc(NC[C@H]2CCC[C@@]23NC(=O)NC3=O)nc(C)n1. The summed E-state index contributed by atoms with van der Waals surface area (Å²) < 4.78 is 0. The fraction of sp³-hybridized carbons (Fsp3) is 0.600. The maximum Gasteiger partial charge on any atom is 0.322 e. The average Bonchev–Trinajstić information content (AvgIpc) is 3.00. The number of carbonyl (C=O) groups excluding carboxylic acids is 2. The molecule has 3 rings (SSSR count). The third-order valence-corrected chi connectivity index (χ3v) is 4.57. The zero-order chi connectivity index (χ0) is 15.7. The van der Waals surface area contributed by atoms with Gasteiger partial charge >= 0.3 is 6.03 Å². The van der Waals surface area contributed by atoms with Gasteiger partial charge in [0.15, 0.2) is 0 Å². The van der Waals surface area contributed by atoms with E-state index in [1.54, 1.807) is 0 Å². The second kappa shape index (κ2) is 5.55. The van der Waals surface area contributed by atoms with Gasteiger partial charge in [-0.05, 0) is 26.2 Å². The monoisotopic (exact) mass is 303 g/mol. The number of carbonyl (C=O) groups is 2. The third-order valence-electron chi connectivity index (χ3n) is 4.57. The molecular weight excluding hydrogens is 282 g/mol. The summed E-state index contributed by atoms with van der Waals surface area (Å²) in [7, 11) is 0. The molecule has 2 atom stereocenters. The van der Waals surface area contributed by atoms with Gasteiger partial charge in [0, 0.05) is 24.2 Å². The first-order valence-electron chi connectivity index (χ1n) is 7.75. The lowest BCUT2D eigenvalue weighted by Crippen LogP contribution is -2.51. The Balaban J connectivity index is 1.72. The van der Waals surface area contributed by atoms with Crippen LogP contribution in [-0.4, -0.2) is 34.0 Å². The molecule has 1 aliphatic carbocycles. The first-order valence-corrected chi connectivity index (χ1v) is 7.75. The van der Waals surface area contributed by atoms with Crippen LogP contribution in [0.25, 0.3) is 0 Å². The van der Waals surface area contributed by atoms with Crippen molar-refractivity contribution in [3.8, 4) is 0 Å². The number of aromatic nitrogens is 2. The molecule has 0 radical (unpaired) electrons. The topological polar surface area (TPSA) is 96.0 Å². The molecule has 0 bridgehead atoms. The number of hydrogen-bond donors (Lipinski definition) is 3. The van der Waals surface area contributed by atoms with Crippen molar-refractivity contribution in [3.63, 3.8) is 0 Å². The van der Waals surface area contributed by atoms with Gasteiger partial charge in [-0.15, -0.1) is 0 Å². The van der Waals surface area contributed by atoms with Crippen LogP contribution in [0.4, 0.5) is 10.6 Å². The van der Waals surface area contributed by atoms with Crippen molar-refractivity contribution in [1.29, 1.82) is 0 Å². The Bertz CT molecular complexity index is 618. The van der Waals surface area contributed by atoms with Crippen molar-refractivity contribution in [2.45, 2.75) is 45.1 Å². The van der Waals surface area contributed by atoms with Crippen LogP contribution < -0.4 is 16.0 Å². The van der Waals surface area contributed by atoms with Crippen LogP contribution in [0.5, 0.6) is 0 Å². The van der Waals surface area contributed by atoms with Crippen LogP contribution in [0.2, 0.25) is 0 Å². The second-order valence-corrected chi connectivity index (χ2v) is 5.99. The Labute approximate surface area is 129 Å². The number of aryl methyl sites for hydroxylation is 2. The summed E-state index contributed by atoms with van der Waals surface area (Å²) in [5.41, 5.74) is 0.239. The Kier molecular flexibility index (Phi) is 3.72. The lowest BCUT2D eigenvalue weighted by molar-refractivity contribution is -0.125. The van der Waals surface area contributed by atoms with E-state index in [1.165, 1.54) is 0 Å². The molecule has 7 heteroatoms. The van der Waals surface area contributed by atoms with Crippen LogP contribution in [-0.2, 0) is 11.2 Å². The molecule has 1 saturated carbocycles. The fourth-order valence-corrected chi connectivity index (χ4v) is 3.45. The summed E-state index contributed by atoms with van der Waals surface area (Å²) >= 11 is 0. The highest BCUT2D eigenvalue weighted by atomic mass is 16.2. The zero-order valence-corrected chi connectivity index (χ0v) is 12.9. The quantitative estimate of drug-likeness (QED) is 0.725. The number of hydrogen-bond acceptors (Lipinski definition) is 5. The highest BCUT2D eigenvalue weighted by molar-refractivity contribution is 6.07. The molecule has 2 aliphatic rings. The van der Waals surface area contributed by atoms with E-state index >= 15 is 0 Å². The van der Waals surface area contributed by atoms with Crippen molar-refractivity contribution < 1.29 is 9.59 Å². The maximum absolute atomic E-state index is 12.1. The molecule has 1 aliphatic heterocycles. The maximum atomic E-state index is 12.1. The van der Waals surface area contributed by atoms with E-state index < -0.39 is 5.54 Å². The minimum atomic E-state index is -0.750. The summed E-state index contributed by atoms with van der Waals surface area (Å²) in [5.74, 6) is 1.38. The van der Waals surface area contributed by atoms with Crippen LogP contribution >= 0.6 is 0 Å². The van der Waals surface area contributed by atoms with Crippen molar-refractivity contribution in [2.75, 3.05) is 11.9 Å². The Morgan fingerprint density at radius 2 is 2.23 bits per heavy atom. The van der Waals surface area contributed by atoms with E-state index in [-0.39, 0.29) is 17.9 Å². The molecule has 0 aromatic carbocycles. The van der Waals surface area contributed by atoms with Gasteiger partial charge in [-0.25, -0.2) is 14.8 Å². The number of nitrogens with one attached hydrogen (secondary N) is 3. The number of anilines is 1. The van der Waals surface area contributed by atoms with E-state index in [9.17, 15) is 9.59 Å². The van der Waals surface area contributed by atoms with Gasteiger partial charge in [-0.2, -0.15) is 0 Å². The van der Waals surface area contributed by atoms with E-state index in [4.69, 9.17) is 0 Å². The van der Waals surface area contributed by atoms with Crippen molar-refractivity contribution in [2.24, 2.45) is 5.92 Å². The predicted molar refractivity (Wildman–Crippen MR) is 81.4 cm³/mol. The van der Waals surface area contributed by atoms with Gasteiger partial charge in [0.1, 0.15) is 17.2 Å². The lowest BCUT2D eigenvalue weighted by atomic mass is 9.87. The molecule has 22 heavy (non-hydrogen) atoms. The van der Waals surface area contributed by atoms with Crippen molar-refractivity contribution >= 4 is 17.8 Å². The molecule has 7 nitrogen and oxygen atoms in total. The summed E-state index contributed by atoms with van der Waals surface area (Å²) in [4.78, 5) is 32.4. The van der Waals surface area contributed by atoms with Gasteiger partial charge < -0.3 is 10.6 Å². The number of urea groups is 1. The molecule has 1 aromatic rings. The highest BCUT2D eigenvalue weighted by Gasteiger charge is 2.54. The minimum Gasteiger partial charge on any atom is -0.370 e. The number of rotatable bonds is 4. The van der Waals surface area contributed by atoms with Crippen molar-refractivity contribution in [1.82, 2.24) is 20.6 Å². The number of imide groups is 1. The van der Waals surface area contributed by atoms with Crippen LogP contribution in [0.3, 0.4) is 0 Å². The second-order valence-electron chi connectivity index (χ2n) is 5.99. The van der Waals surface area contributed by atoms with Gasteiger partial charge in [-0.3, -0.25) is 10.1 Å². The van der Waals surface area contributed by atoms with Crippen LogP contribution in [0, 0.1) is 12.8 Å². The van der Waals surface area contributed by atoms with Gasteiger partial charge in [0.25, 0.3) is 5.91 Å². The summed E-state index contributed by atoms with van der Waals surface area (Å²) in [6.45, 7) is 4.52. The molecule has 1 saturated heterocycles. The fourth-order valence-electron chi connectivity index (χ4n) is 3.45. The molecule has 0 unspecified atom stereocenters. The summed E-state index contributed by atoms with van der Waals surface area (Å²) in [6.07, 6.45) is 3.39. The number of nitrogens with zero attached hydrogens (tertiary/aromatic N) is 2. The molecule has 3 amide bonds. The van der Waals surface area contributed by atoms with Crippen LogP contribution in [0.1, 0.15) is 37.7 Å². The Morgan fingerprint density at radius 3 is 2.91 bits per heavy atom. The summed E-state index contributed by atoms with van der Waals surface area (Å²) in [5, 5.41) is 8.50. The normalized spacial score (nSPS) is 27.1. The lowest BCUT2D eigenvalue weighted by Gasteiger charge is -2.28. The third kappa shape index (κ3) is 2.51. The smallest absolute Gasteiger partial charge is 0.322 e. The molecule has 1 spiro atoms. The molecule has 3 N–H and O–H groups in total. The van der Waals surface area contributed by atoms with Gasteiger partial charge in [0.2, 0.25) is 0 Å². The summed E-state index contributed by atoms with van der Waals surface area (Å²) in [6, 6.07) is 1.55. The first-order chi connectivity index (χ1) is 10.5. The molecule has 2 fully saturated rings. The Hall–Kier alpha value is -2.18. The molecule has 2 heterocycles. The molecule has 118 valence electrons. The largest absolute Gasteiger partial charge is 0.370 e. The van der Waals surface area contributed by atoms with Gasteiger partial charge in [0.05, 0.1) is 0 Å². The van der Waals surface area contributed by atoms with Crippen molar-refractivity contribution in [3.05, 3.63) is 17.6 Å². The predicted octanol–water partition coefficient (Wildman–Crippen LogP) is 1.14. The molecule has 1 aromatic heterocycles.